The van der Waals surface area contributed by atoms with Crippen LogP contribution in [-0.2, 0) is 19.2 Å². The molecule has 2 aromatic rings. The topological polar surface area (TPSA) is 74.8 Å². The number of aryl methyl sites for hydroxylation is 2. The van der Waals surface area contributed by atoms with E-state index in [0.717, 1.165) is 11.1 Å². The number of benzene rings is 2. The number of para-hydroxylation sites is 2. The molecule has 2 aliphatic heterocycles. The third-order valence-electron chi connectivity index (χ3n) is 4.33. The van der Waals surface area contributed by atoms with Crippen LogP contribution in [0.1, 0.15) is 11.1 Å². The van der Waals surface area contributed by atoms with E-state index in [1.165, 1.54) is 34.1 Å². The Hall–Kier alpha value is -3.80. The summed E-state index contributed by atoms with van der Waals surface area (Å²) in [5, 5.41) is 0. The van der Waals surface area contributed by atoms with Crippen molar-refractivity contribution in [1.29, 1.82) is 0 Å². The molecule has 4 rings (SSSR count). The van der Waals surface area contributed by atoms with E-state index in [4.69, 9.17) is 0 Å². The summed E-state index contributed by atoms with van der Waals surface area (Å²) >= 11 is 0. The van der Waals surface area contributed by atoms with Crippen LogP contribution in [0, 0.1) is 13.8 Å². The Morgan fingerprint density at radius 1 is 0.500 bits per heavy atom. The summed E-state index contributed by atoms with van der Waals surface area (Å²) in [6, 6.07) is 14.6. The molecular weight excluding hydrogens is 356 g/mol. The van der Waals surface area contributed by atoms with E-state index in [1.807, 2.05) is 38.1 Å². The molecule has 0 atom stereocenters. The molecule has 6 heteroatoms. The van der Waals surface area contributed by atoms with Gasteiger partial charge in [0.25, 0.3) is 23.6 Å². The van der Waals surface area contributed by atoms with E-state index in [-0.39, 0.29) is 23.6 Å². The van der Waals surface area contributed by atoms with Crippen LogP contribution in [-0.4, -0.2) is 23.6 Å². The minimum Gasteiger partial charge on any atom is -0.269 e. The molecule has 0 aliphatic carbocycles. The number of nitrogens with zero attached hydrogens (tertiary/aromatic N) is 2. The highest BCUT2D eigenvalue weighted by Crippen LogP contribution is 2.23. The summed E-state index contributed by atoms with van der Waals surface area (Å²) in [6.07, 6.45) is 5.15. The fraction of sp³-hybridized carbons (Fsp3) is 0.0909. The third kappa shape index (κ3) is 3.66. The molecule has 2 heterocycles. The molecule has 0 aromatic heterocycles. The first-order valence-corrected chi connectivity index (χ1v) is 8.63. The zero-order valence-electron chi connectivity index (χ0n) is 15.5. The van der Waals surface area contributed by atoms with E-state index in [2.05, 4.69) is 0 Å². The van der Waals surface area contributed by atoms with Crippen molar-refractivity contribution in [3.8, 4) is 0 Å². The lowest BCUT2D eigenvalue weighted by Crippen LogP contribution is -2.30. The van der Waals surface area contributed by atoms with Crippen molar-refractivity contribution in [1.82, 2.24) is 0 Å². The van der Waals surface area contributed by atoms with Gasteiger partial charge in [-0.15, -0.1) is 0 Å². The lowest BCUT2D eigenvalue weighted by Gasteiger charge is -2.15. The molecule has 0 fully saturated rings. The van der Waals surface area contributed by atoms with Gasteiger partial charge in [0.2, 0.25) is 0 Å². The highest BCUT2D eigenvalue weighted by atomic mass is 16.2. The molecule has 28 heavy (non-hydrogen) atoms. The van der Waals surface area contributed by atoms with Crippen LogP contribution in [0.15, 0.2) is 72.8 Å². The van der Waals surface area contributed by atoms with Crippen molar-refractivity contribution in [3.05, 3.63) is 84.0 Å². The zero-order valence-corrected chi connectivity index (χ0v) is 15.5. The van der Waals surface area contributed by atoms with Crippen molar-refractivity contribution in [2.24, 2.45) is 0 Å². The van der Waals surface area contributed by atoms with Gasteiger partial charge in [0.05, 0.1) is 11.4 Å². The molecule has 0 radical (unpaired) electrons. The largest absolute Gasteiger partial charge is 0.269 e. The molecule has 0 bridgehead atoms. The van der Waals surface area contributed by atoms with Gasteiger partial charge in [0.15, 0.2) is 0 Å². The van der Waals surface area contributed by atoms with Gasteiger partial charge < -0.3 is 0 Å². The number of carbonyl (C=O) groups is 4. The van der Waals surface area contributed by atoms with E-state index in [9.17, 15) is 19.2 Å². The van der Waals surface area contributed by atoms with Crippen LogP contribution in [0.5, 0.6) is 0 Å². The lowest BCUT2D eigenvalue weighted by atomic mass is 10.2. The Labute approximate surface area is 162 Å². The summed E-state index contributed by atoms with van der Waals surface area (Å²) in [7, 11) is 0. The second kappa shape index (κ2) is 7.84. The second-order valence-corrected chi connectivity index (χ2v) is 6.26. The van der Waals surface area contributed by atoms with Gasteiger partial charge in [0.1, 0.15) is 0 Å². The Kier molecular flexibility index (Phi) is 5.31. The maximum Gasteiger partial charge on any atom is 0.258 e. The van der Waals surface area contributed by atoms with E-state index >= 15 is 0 Å². The Morgan fingerprint density at radius 2 is 0.786 bits per heavy atom. The maximum absolute atomic E-state index is 11.4. The fourth-order valence-corrected chi connectivity index (χ4v) is 2.90. The number of anilines is 2. The predicted molar refractivity (Wildman–Crippen MR) is 106 cm³/mol. The molecule has 0 unspecified atom stereocenters. The Bertz CT molecular complexity index is 917. The molecule has 0 saturated heterocycles. The monoisotopic (exact) mass is 374 g/mol. The summed E-state index contributed by atoms with van der Waals surface area (Å²) in [5.41, 5.74) is 3.15. The molecule has 0 saturated carbocycles. The number of hydrogen-bond acceptors (Lipinski definition) is 4. The molecular formula is C22H18N2O4. The van der Waals surface area contributed by atoms with Crippen LogP contribution < -0.4 is 9.80 Å². The van der Waals surface area contributed by atoms with Crippen molar-refractivity contribution in [2.75, 3.05) is 9.80 Å². The number of carbonyl (C=O) groups excluding carboxylic acids is 4. The SMILES string of the molecule is Cc1ccccc1N1C(=O)C=CC1=O.Cc1ccccc1N1C(=O)C=CC1=O. The summed E-state index contributed by atoms with van der Waals surface area (Å²) in [4.78, 5) is 47.8. The first-order valence-electron chi connectivity index (χ1n) is 8.63. The second-order valence-electron chi connectivity index (χ2n) is 6.26. The number of hydrogen-bond donors (Lipinski definition) is 0. The fourth-order valence-electron chi connectivity index (χ4n) is 2.90. The molecule has 6 nitrogen and oxygen atoms in total. The highest BCUT2D eigenvalue weighted by Gasteiger charge is 2.26. The van der Waals surface area contributed by atoms with Gasteiger partial charge >= 0.3 is 0 Å². The lowest BCUT2D eigenvalue weighted by molar-refractivity contribution is -0.121. The first kappa shape index (κ1) is 19.0. The third-order valence-corrected chi connectivity index (χ3v) is 4.33. The minimum absolute atomic E-state index is 0.274. The maximum atomic E-state index is 11.4. The Morgan fingerprint density at radius 3 is 1.07 bits per heavy atom. The van der Waals surface area contributed by atoms with Gasteiger partial charge in [0, 0.05) is 24.3 Å². The molecule has 2 aliphatic rings. The van der Waals surface area contributed by atoms with Crippen molar-refractivity contribution in [3.63, 3.8) is 0 Å². The number of imide groups is 2. The smallest absolute Gasteiger partial charge is 0.258 e. The molecule has 2 aromatic carbocycles. The molecule has 0 spiro atoms. The van der Waals surface area contributed by atoms with Crippen molar-refractivity contribution >= 4 is 35.0 Å². The van der Waals surface area contributed by atoms with Crippen molar-refractivity contribution in [2.45, 2.75) is 13.8 Å². The van der Waals surface area contributed by atoms with Crippen LogP contribution >= 0.6 is 0 Å². The number of rotatable bonds is 2. The molecule has 0 N–H and O–H groups in total. The van der Waals surface area contributed by atoms with E-state index in [0.29, 0.717) is 11.4 Å². The van der Waals surface area contributed by atoms with Gasteiger partial charge in [-0.25, -0.2) is 9.80 Å². The molecule has 4 amide bonds. The average molecular weight is 374 g/mol. The van der Waals surface area contributed by atoms with Crippen LogP contribution in [0.3, 0.4) is 0 Å². The minimum atomic E-state index is -0.274. The normalized spacial score (nSPS) is 15.4. The van der Waals surface area contributed by atoms with Crippen LogP contribution in [0.25, 0.3) is 0 Å². The zero-order chi connectivity index (χ0) is 20.3. The first-order chi connectivity index (χ1) is 13.4. The van der Waals surface area contributed by atoms with Gasteiger partial charge in [-0.3, -0.25) is 19.2 Å². The highest BCUT2D eigenvalue weighted by molar-refractivity contribution is 6.29. The van der Waals surface area contributed by atoms with E-state index in [1.54, 1.807) is 24.3 Å². The predicted octanol–water partition coefficient (Wildman–Crippen LogP) is 2.85. The van der Waals surface area contributed by atoms with Gasteiger partial charge in [-0.05, 0) is 37.1 Å². The average Bonchev–Trinajstić information content (AvgIpc) is 3.18. The summed E-state index contributed by atoms with van der Waals surface area (Å²) in [6.45, 7) is 3.74. The number of amides is 4. The summed E-state index contributed by atoms with van der Waals surface area (Å²) < 4.78 is 0. The molecule has 140 valence electrons. The summed E-state index contributed by atoms with van der Waals surface area (Å²) in [5.74, 6) is -1.10. The van der Waals surface area contributed by atoms with Crippen molar-refractivity contribution < 1.29 is 19.2 Å². The van der Waals surface area contributed by atoms with E-state index < -0.39 is 0 Å². The quantitative estimate of drug-likeness (QED) is 0.758. The van der Waals surface area contributed by atoms with Gasteiger partial charge in [-0.2, -0.15) is 0 Å². The Balaban J connectivity index is 0.000000161. The standard InChI is InChI=1S/2C11H9NO2/c2*1-8-4-2-3-5-9(8)12-10(13)6-7-11(12)14/h2*2-7H,1H3. The van der Waals surface area contributed by atoms with Gasteiger partial charge in [-0.1, -0.05) is 36.4 Å². The van der Waals surface area contributed by atoms with Crippen LogP contribution in [0.4, 0.5) is 11.4 Å². The van der Waals surface area contributed by atoms with Crippen LogP contribution in [0.2, 0.25) is 0 Å².